The summed E-state index contributed by atoms with van der Waals surface area (Å²) in [4.78, 5) is 5.74. The number of hydrogen-bond acceptors (Lipinski definition) is 2. The second-order valence-electron chi connectivity index (χ2n) is 6.19. The van der Waals surface area contributed by atoms with Crippen LogP contribution in [0.25, 0.3) is 10.4 Å². The van der Waals surface area contributed by atoms with Gasteiger partial charge in [0.05, 0.1) is 0 Å². The van der Waals surface area contributed by atoms with E-state index in [1.165, 1.54) is 73.8 Å². The van der Waals surface area contributed by atoms with Crippen LogP contribution >= 0.6 is 11.3 Å². The van der Waals surface area contributed by atoms with Gasteiger partial charge in [0.15, 0.2) is 0 Å². The Labute approximate surface area is 139 Å². The van der Waals surface area contributed by atoms with E-state index in [1.807, 2.05) is 17.5 Å². The molecule has 2 rings (SSSR count). The van der Waals surface area contributed by atoms with E-state index in [-0.39, 0.29) is 0 Å². The van der Waals surface area contributed by atoms with Crippen LogP contribution < -0.4 is 0 Å². The number of nitrogens with zero attached hydrogens (tertiary/aromatic N) is 1. The summed E-state index contributed by atoms with van der Waals surface area (Å²) in [6.45, 7) is 4.35. The topological polar surface area (TPSA) is 12.9 Å². The van der Waals surface area contributed by atoms with Crippen LogP contribution in [0.1, 0.15) is 69.5 Å². The molecule has 0 aliphatic heterocycles. The van der Waals surface area contributed by atoms with E-state index in [9.17, 15) is 0 Å². The van der Waals surface area contributed by atoms with Gasteiger partial charge in [-0.15, -0.1) is 11.3 Å². The van der Waals surface area contributed by atoms with Gasteiger partial charge in [0.1, 0.15) is 0 Å². The van der Waals surface area contributed by atoms with Crippen LogP contribution in [0.5, 0.6) is 0 Å². The molecule has 0 aliphatic carbocycles. The lowest BCUT2D eigenvalue weighted by molar-refractivity contribution is 0.576. The van der Waals surface area contributed by atoms with Crippen molar-refractivity contribution < 1.29 is 0 Å². The van der Waals surface area contributed by atoms with Crippen LogP contribution in [0.15, 0.2) is 29.8 Å². The van der Waals surface area contributed by atoms with E-state index >= 15 is 0 Å². The zero-order valence-corrected chi connectivity index (χ0v) is 14.9. The van der Waals surface area contributed by atoms with E-state index in [0.29, 0.717) is 0 Å². The van der Waals surface area contributed by atoms with Crippen molar-refractivity contribution >= 4 is 11.3 Å². The molecule has 2 heterocycles. The van der Waals surface area contributed by atoms with Crippen molar-refractivity contribution in [3.05, 3.63) is 41.0 Å². The largest absolute Gasteiger partial charge is 0.262 e. The van der Waals surface area contributed by atoms with Crippen molar-refractivity contribution in [1.29, 1.82) is 0 Å². The monoisotopic (exact) mass is 315 g/mol. The summed E-state index contributed by atoms with van der Waals surface area (Å²) in [5.74, 6) is 0. The van der Waals surface area contributed by atoms with Gasteiger partial charge < -0.3 is 0 Å². The van der Waals surface area contributed by atoms with Crippen molar-refractivity contribution in [3.8, 4) is 10.4 Å². The van der Waals surface area contributed by atoms with Gasteiger partial charge in [0.2, 0.25) is 0 Å². The fourth-order valence-electron chi connectivity index (χ4n) is 2.92. The summed E-state index contributed by atoms with van der Waals surface area (Å²) in [6, 6.07) is 6.64. The van der Waals surface area contributed by atoms with Crippen LogP contribution in [0, 0.1) is 6.92 Å². The highest BCUT2D eigenvalue weighted by atomic mass is 32.1. The third-order valence-corrected chi connectivity index (χ3v) is 5.21. The van der Waals surface area contributed by atoms with E-state index in [4.69, 9.17) is 0 Å². The van der Waals surface area contributed by atoms with Gasteiger partial charge in [0, 0.05) is 16.8 Å². The molecule has 0 aliphatic rings. The highest BCUT2D eigenvalue weighted by Gasteiger charge is 2.07. The molecule has 0 amide bonds. The molecule has 0 saturated carbocycles. The highest BCUT2D eigenvalue weighted by molar-refractivity contribution is 7.13. The average molecular weight is 316 g/mol. The van der Waals surface area contributed by atoms with Crippen molar-refractivity contribution in [2.24, 2.45) is 0 Å². The molecular weight excluding hydrogens is 286 g/mol. The maximum absolute atomic E-state index is 4.30. The number of unbranched alkanes of at least 4 members (excludes halogenated alkanes) is 7. The third-order valence-electron chi connectivity index (χ3n) is 4.21. The molecule has 120 valence electrons. The Balaban J connectivity index is 1.74. The molecule has 0 radical (unpaired) electrons. The molecular formula is C20H29NS. The average Bonchev–Trinajstić information content (AvgIpc) is 2.98. The summed E-state index contributed by atoms with van der Waals surface area (Å²) in [7, 11) is 0. The fourth-order valence-corrected chi connectivity index (χ4v) is 3.87. The zero-order valence-electron chi connectivity index (χ0n) is 14.1. The second kappa shape index (κ2) is 9.78. The SMILES string of the molecule is CCCCCCCCCCc1ccsc1-c1ccnc(C)c1. The van der Waals surface area contributed by atoms with Gasteiger partial charge >= 0.3 is 0 Å². The molecule has 0 fully saturated rings. The maximum Gasteiger partial charge on any atom is 0.0379 e. The minimum absolute atomic E-state index is 1.10. The van der Waals surface area contributed by atoms with Crippen LogP contribution in [-0.2, 0) is 6.42 Å². The van der Waals surface area contributed by atoms with E-state index in [0.717, 1.165) is 5.69 Å². The van der Waals surface area contributed by atoms with Gasteiger partial charge in [-0.25, -0.2) is 0 Å². The van der Waals surface area contributed by atoms with Gasteiger partial charge in [-0.3, -0.25) is 4.98 Å². The van der Waals surface area contributed by atoms with E-state index in [1.54, 1.807) is 0 Å². The third kappa shape index (κ3) is 5.57. The molecule has 2 aromatic heterocycles. The molecule has 2 aromatic rings. The molecule has 0 N–H and O–H groups in total. The molecule has 0 saturated heterocycles. The van der Waals surface area contributed by atoms with Crippen molar-refractivity contribution in [2.45, 2.75) is 71.6 Å². The number of rotatable bonds is 10. The van der Waals surface area contributed by atoms with Crippen molar-refractivity contribution in [1.82, 2.24) is 4.98 Å². The smallest absolute Gasteiger partial charge is 0.0379 e. The van der Waals surface area contributed by atoms with Gasteiger partial charge in [-0.05, 0) is 54.5 Å². The van der Waals surface area contributed by atoms with E-state index < -0.39 is 0 Å². The molecule has 0 spiro atoms. The van der Waals surface area contributed by atoms with Crippen LogP contribution in [0.4, 0.5) is 0 Å². The van der Waals surface area contributed by atoms with Gasteiger partial charge in [-0.2, -0.15) is 0 Å². The standard InChI is InChI=1S/C20H29NS/c1-3-4-5-6-7-8-9-10-11-18-13-15-22-20(18)19-12-14-21-17(2)16-19/h12-16H,3-11H2,1-2H3. The predicted octanol–water partition coefficient (Wildman–Crippen LogP) is 6.80. The zero-order chi connectivity index (χ0) is 15.6. The first-order chi connectivity index (χ1) is 10.8. The predicted molar refractivity (Wildman–Crippen MR) is 98.6 cm³/mol. The summed E-state index contributed by atoms with van der Waals surface area (Å²) < 4.78 is 0. The van der Waals surface area contributed by atoms with Crippen LogP contribution in [0.3, 0.4) is 0 Å². The number of pyridine rings is 1. The number of thiophene rings is 1. The first-order valence-corrected chi connectivity index (χ1v) is 9.68. The minimum atomic E-state index is 1.10. The van der Waals surface area contributed by atoms with Crippen LogP contribution in [0.2, 0.25) is 0 Å². The quantitative estimate of drug-likeness (QED) is 0.439. The van der Waals surface area contributed by atoms with Crippen molar-refractivity contribution in [3.63, 3.8) is 0 Å². The Bertz CT molecular complexity index is 544. The van der Waals surface area contributed by atoms with Crippen molar-refractivity contribution in [2.75, 3.05) is 0 Å². The first-order valence-electron chi connectivity index (χ1n) is 8.80. The molecule has 0 aromatic carbocycles. The lowest BCUT2D eigenvalue weighted by Crippen LogP contribution is -1.88. The Morgan fingerprint density at radius 1 is 0.955 bits per heavy atom. The number of aromatic nitrogens is 1. The van der Waals surface area contributed by atoms with Crippen LogP contribution in [-0.4, -0.2) is 4.98 Å². The molecule has 1 nitrogen and oxygen atoms in total. The Morgan fingerprint density at radius 2 is 1.68 bits per heavy atom. The minimum Gasteiger partial charge on any atom is -0.262 e. The number of aryl methyl sites for hydroxylation is 2. The highest BCUT2D eigenvalue weighted by Crippen LogP contribution is 2.30. The second-order valence-corrected chi connectivity index (χ2v) is 7.10. The summed E-state index contributed by atoms with van der Waals surface area (Å²) >= 11 is 1.86. The molecule has 0 atom stereocenters. The summed E-state index contributed by atoms with van der Waals surface area (Å²) in [5, 5.41) is 2.23. The molecule has 0 unspecified atom stereocenters. The Morgan fingerprint density at radius 3 is 2.41 bits per heavy atom. The fraction of sp³-hybridized carbons (Fsp3) is 0.550. The van der Waals surface area contributed by atoms with E-state index in [2.05, 4.69) is 42.4 Å². The maximum atomic E-state index is 4.30. The Kier molecular flexibility index (Phi) is 7.65. The summed E-state index contributed by atoms with van der Waals surface area (Å²) in [6.07, 6.45) is 14.2. The Hall–Kier alpha value is -1.15. The normalized spacial score (nSPS) is 11.0. The molecule has 0 bridgehead atoms. The first kappa shape index (κ1) is 17.2. The molecule has 2 heteroatoms. The number of hydrogen-bond donors (Lipinski definition) is 0. The molecule has 22 heavy (non-hydrogen) atoms. The summed E-state index contributed by atoms with van der Waals surface area (Å²) in [5.41, 5.74) is 3.95. The lowest BCUT2D eigenvalue weighted by Gasteiger charge is -2.05. The van der Waals surface area contributed by atoms with Gasteiger partial charge in [-0.1, -0.05) is 51.9 Å². The van der Waals surface area contributed by atoms with Gasteiger partial charge in [0.25, 0.3) is 0 Å². The lowest BCUT2D eigenvalue weighted by atomic mass is 10.0.